The quantitative estimate of drug-likeness (QED) is 0.820. The average molecular weight is 370 g/mol. The molecule has 1 saturated heterocycles. The molecule has 4 rings (SSSR count). The molecule has 2 aromatic rings. The SMILES string of the molecule is COC(=O)C(C)(C)c1cc(OC2C3CNCC32)nc(-c2ccc(F)cc2)c1. The topological polar surface area (TPSA) is 60.5 Å². The van der Waals surface area contributed by atoms with Crippen LogP contribution in [0.25, 0.3) is 11.3 Å². The Morgan fingerprint density at radius 3 is 2.48 bits per heavy atom. The molecule has 0 radical (unpaired) electrons. The first kappa shape index (κ1) is 17.9. The van der Waals surface area contributed by atoms with E-state index >= 15 is 0 Å². The summed E-state index contributed by atoms with van der Waals surface area (Å²) < 4.78 is 24.4. The highest BCUT2D eigenvalue weighted by atomic mass is 19.1. The number of nitrogens with zero attached hydrogens (tertiary/aromatic N) is 1. The fourth-order valence-corrected chi connectivity index (χ4v) is 3.74. The minimum atomic E-state index is -0.856. The average Bonchev–Trinajstić information content (AvgIpc) is 3.08. The van der Waals surface area contributed by atoms with E-state index in [2.05, 4.69) is 10.3 Å². The zero-order chi connectivity index (χ0) is 19.2. The highest BCUT2D eigenvalue weighted by Crippen LogP contribution is 2.45. The van der Waals surface area contributed by atoms with Crippen LogP contribution in [0, 0.1) is 17.7 Å². The van der Waals surface area contributed by atoms with Gasteiger partial charge in [0.15, 0.2) is 0 Å². The molecule has 1 aliphatic heterocycles. The Kier molecular flexibility index (Phi) is 4.38. The van der Waals surface area contributed by atoms with Crippen molar-refractivity contribution in [1.82, 2.24) is 10.3 Å². The van der Waals surface area contributed by atoms with E-state index in [-0.39, 0.29) is 17.9 Å². The van der Waals surface area contributed by atoms with Gasteiger partial charge in [0.25, 0.3) is 0 Å². The first-order valence-corrected chi connectivity index (χ1v) is 9.14. The van der Waals surface area contributed by atoms with Gasteiger partial charge >= 0.3 is 5.97 Å². The van der Waals surface area contributed by atoms with E-state index in [1.54, 1.807) is 12.1 Å². The van der Waals surface area contributed by atoms with Gasteiger partial charge in [-0.05, 0) is 49.7 Å². The van der Waals surface area contributed by atoms with Gasteiger partial charge in [-0.25, -0.2) is 9.37 Å². The van der Waals surface area contributed by atoms with Crippen molar-refractivity contribution in [3.05, 3.63) is 47.8 Å². The van der Waals surface area contributed by atoms with E-state index in [0.717, 1.165) is 24.2 Å². The lowest BCUT2D eigenvalue weighted by Crippen LogP contribution is -2.30. The van der Waals surface area contributed by atoms with Crippen LogP contribution >= 0.6 is 0 Å². The number of halogens is 1. The molecule has 1 N–H and O–H groups in total. The van der Waals surface area contributed by atoms with E-state index < -0.39 is 5.41 Å². The fourth-order valence-electron chi connectivity index (χ4n) is 3.74. The van der Waals surface area contributed by atoms with Crippen LogP contribution in [-0.4, -0.2) is 37.3 Å². The van der Waals surface area contributed by atoms with Gasteiger partial charge in [0.2, 0.25) is 5.88 Å². The maximum atomic E-state index is 13.3. The fraction of sp³-hybridized carbons (Fsp3) is 0.429. The van der Waals surface area contributed by atoms with Gasteiger partial charge in [-0.1, -0.05) is 0 Å². The third-order valence-electron chi connectivity index (χ3n) is 5.63. The second-order valence-corrected chi connectivity index (χ2v) is 7.77. The summed E-state index contributed by atoms with van der Waals surface area (Å²) in [4.78, 5) is 16.9. The van der Waals surface area contributed by atoms with Gasteiger partial charge < -0.3 is 14.8 Å². The Bertz CT molecular complexity index is 856. The zero-order valence-corrected chi connectivity index (χ0v) is 15.7. The van der Waals surface area contributed by atoms with Crippen LogP contribution in [-0.2, 0) is 14.9 Å². The largest absolute Gasteiger partial charge is 0.474 e. The Morgan fingerprint density at radius 2 is 1.85 bits per heavy atom. The molecule has 1 saturated carbocycles. The van der Waals surface area contributed by atoms with Crippen molar-refractivity contribution in [3.63, 3.8) is 0 Å². The summed E-state index contributed by atoms with van der Waals surface area (Å²) in [6.07, 6.45) is 0.163. The van der Waals surface area contributed by atoms with E-state index in [9.17, 15) is 9.18 Å². The summed E-state index contributed by atoms with van der Waals surface area (Å²) in [6, 6.07) is 9.79. The molecule has 0 bridgehead atoms. The molecule has 2 atom stereocenters. The minimum absolute atomic E-state index is 0.163. The Morgan fingerprint density at radius 1 is 1.19 bits per heavy atom. The van der Waals surface area contributed by atoms with Crippen LogP contribution in [0.15, 0.2) is 36.4 Å². The molecule has 6 heteroatoms. The highest BCUT2D eigenvalue weighted by molar-refractivity contribution is 5.82. The number of esters is 1. The monoisotopic (exact) mass is 370 g/mol. The number of piperidine rings is 1. The molecule has 2 unspecified atom stereocenters. The third-order valence-corrected chi connectivity index (χ3v) is 5.63. The van der Waals surface area contributed by atoms with Gasteiger partial charge in [0.05, 0.1) is 18.2 Å². The first-order valence-electron chi connectivity index (χ1n) is 9.14. The highest BCUT2D eigenvalue weighted by Gasteiger charge is 2.55. The molecule has 1 aromatic carbocycles. The number of fused-ring (bicyclic) bond motifs is 1. The van der Waals surface area contributed by atoms with Crippen molar-refractivity contribution in [1.29, 1.82) is 0 Å². The van der Waals surface area contributed by atoms with Crippen LogP contribution in [0.2, 0.25) is 0 Å². The number of hydrogen-bond donors (Lipinski definition) is 1. The molecule has 5 nitrogen and oxygen atoms in total. The van der Waals surface area contributed by atoms with Crippen molar-refractivity contribution in [2.75, 3.05) is 20.2 Å². The van der Waals surface area contributed by atoms with Crippen LogP contribution < -0.4 is 10.1 Å². The van der Waals surface area contributed by atoms with Crippen LogP contribution in [0.3, 0.4) is 0 Å². The Labute approximate surface area is 157 Å². The predicted octanol–water partition coefficient (Wildman–Crippen LogP) is 2.93. The number of carbonyl (C=O) groups is 1. The van der Waals surface area contributed by atoms with Crippen LogP contribution in [0.5, 0.6) is 5.88 Å². The van der Waals surface area contributed by atoms with E-state index in [1.165, 1.54) is 19.2 Å². The number of hydrogen-bond acceptors (Lipinski definition) is 5. The van der Waals surface area contributed by atoms with E-state index in [1.807, 2.05) is 26.0 Å². The Hall–Kier alpha value is -2.47. The van der Waals surface area contributed by atoms with Crippen molar-refractivity contribution >= 4 is 5.97 Å². The molecular weight excluding hydrogens is 347 g/mol. The lowest BCUT2D eigenvalue weighted by atomic mass is 9.84. The summed E-state index contributed by atoms with van der Waals surface area (Å²) in [5.74, 6) is 0.900. The lowest BCUT2D eigenvalue weighted by Gasteiger charge is -2.23. The second kappa shape index (κ2) is 6.60. The number of rotatable bonds is 5. The number of pyridine rings is 1. The normalized spacial score (nSPS) is 23.6. The van der Waals surface area contributed by atoms with Gasteiger partial charge in [0, 0.05) is 36.6 Å². The summed E-state index contributed by atoms with van der Waals surface area (Å²) >= 11 is 0. The molecule has 2 aliphatic rings. The van der Waals surface area contributed by atoms with Gasteiger partial charge in [-0.2, -0.15) is 0 Å². The number of methoxy groups -OCH3 is 1. The van der Waals surface area contributed by atoms with Crippen molar-refractivity contribution in [3.8, 4) is 17.1 Å². The standard InChI is InChI=1S/C21H23FN2O3/c1-21(2,20(25)26-3)13-8-17(12-4-6-14(22)7-5-12)24-18(9-13)27-19-15-10-23-11-16(15)19/h4-9,15-16,19,23H,10-11H2,1-3H3. The molecule has 0 spiro atoms. The molecule has 1 aliphatic carbocycles. The number of aromatic nitrogens is 1. The van der Waals surface area contributed by atoms with Crippen LogP contribution in [0.1, 0.15) is 19.4 Å². The molecular formula is C21H23FN2O3. The molecule has 2 fully saturated rings. The summed E-state index contributed by atoms with van der Waals surface area (Å²) in [7, 11) is 1.38. The van der Waals surface area contributed by atoms with Crippen molar-refractivity contribution < 1.29 is 18.7 Å². The molecule has 0 amide bonds. The van der Waals surface area contributed by atoms with Crippen molar-refractivity contribution in [2.45, 2.75) is 25.4 Å². The number of nitrogens with one attached hydrogen (secondary N) is 1. The zero-order valence-electron chi connectivity index (χ0n) is 15.7. The third kappa shape index (κ3) is 3.30. The van der Waals surface area contributed by atoms with Gasteiger partial charge in [-0.15, -0.1) is 0 Å². The van der Waals surface area contributed by atoms with Crippen molar-refractivity contribution in [2.24, 2.45) is 11.8 Å². The number of benzene rings is 1. The maximum absolute atomic E-state index is 13.3. The summed E-state index contributed by atoms with van der Waals surface area (Å²) in [6.45, 7) is 5.55. The second-order valence-electron chi connectivity index (χ2n) is 7.77. The molecule has 1 aromatic heterocycles. The molecule has 142 valence electrons. The summed E-state index contributed by atoms with van der Waals surface area (Å²) in [5.41, 5.74) is 1.30. The van der Waals surface area contributed by atoms with E-state index in [0.29, 0.717) is 23.4 Å². The number of carbonyl (C=O) groups excluding carboxylic acids is 1. The minimum Gasteiger partial charge on any atom is -0.474 e. The smallest absolute Gasteiger partial charge is 0.315 e. The molecule has 2 heterocycles. The Balaban J connectivity index is 1.71. The lowest BCUT2D eigenvalue weighted by molar-refractivity contribution is -0.146. The first-order chi connectivity index (χ1) is 12.9. The maximum Gasteiger partial charge on any atom is 0.315 e. The molecule has 27 heavy (non-hydrogen) atoms. The van der Waals surface area contributed by atoms with Gasteiger partial charge in [0.1, 0.15) is 11.9 Å². The van der Waals surface area contributed by atoms with Crippen LogP contribution in [0.4, 0.5) is 4.39 Å². The number of ether oxygens (including phenoxy) is 2. The summed E-state index contributed by atoms with van der Waals surface area (Å²) in [5, 5.41) is 3.34. The van der Waals surface area contributed by atoms with E-state index in [4.69, 9.17) is 9.47 Å². The predicted molar refractivity (Wildman–Crippen MR) is 98.9 cm³/mol. The van der Waals surface area contributed by atoms with Gasteiger partial charge in [-0.3, -0.25) is 4.79 Å².